The molecule has 0 atom stereocenters. The number of rotatable bonds is 5. The minimum absolute atomic E-state index is 0.00654. The highest BCUT2D eigenvalue weighted by Gasteiger charge is 2.31. The standard InChI is InChI=1S/C13H23N5O/c1-10-16-11(7-12(17-10)18-14)15-8-13(9-19)5-3-2-4-6-13/h7,19H,2-6,8-9,14H2,1H3,(H2,15,16,17,18). The summed E-state index contributed by atoms with van der Waals surface area (Å²) in [6, 6.07) is 1.78. The van der Waals surface area contributed by atoms with Crippen molar-refractivity contribution in [3.05, 3.63) is 11.9 Å². The van der Waals surface area contributed by atoms with Crippen molar-refractivity contribution >= 4 is 11.6 Å². The van der Waals surface area contributed by atoms with Gasteiger partial charge < -0.3 is 15.8 Å². The maximum Gasteiger partial charge on any atom is 0.145 e. The lowest BCUT2D eigenvalue weighted by molar-refractivity contribution is 0.0943. The van der Waals surface area contributed by atoms with Crippen LogP contribution in [0.2, 0.25) is 0 Å². The average molecular weight is 265 g/mol. The predicted molar refractivity (Wildman–Crippen MR) is 75.7 cm³/mol. The van der Waals surface area contributed by atoms with E-state index in [1.807, 2.05) is 6.92 Å². The Morgan fingerprint density at radius 3 is 2.58 bits per heavy atom. The molecule has 0 aliphatic heterocycles. The van der Waals surface area contributed by atoms with Gasteiger partial charge in [0.15, 0.2) is 0 Å². The third-order valence-electron chi connectivity index (χ3n) is 3.88. The number of nitrogens with zero attached hydrogens (tertiary/aromatic N) is 2. The molecule has 6 nitrogen and oxygen atoms in total. The van der Waals surface area contributed by atoms with E-state index in [1.165, 1.54) is 19.3 Å². The largest absolute Gasteiger partial charge is 0.396 e. The van der Waals surface area contributed by atoms with Crippen LogP contribution in [0.25, 0.3) is 0 Å². The second-order valence-electron chi connectivity index (χ2n) is 5.40. The monoisotopic (exact) mass is 265 g/mol. The van der Waals surface area contributed by atoms with Crippen molar-refractivity contribution < 1.29 is 5.11 Å². The van der Waals surface area contributed by atoms with E-state index >= 15 is 0 Å². The molecule has 0 saturated heterocycles. The van der Waals surface area contributed by atoms with Crippen molar-refractivity contribution in [1.82, 2.24) is 9.97 Å². The fourth-order valence-electron chi connectivity index (χ4n) is 2.70. The minimum Gasteiger partial charge on any atom is -0.396 e. The van der Waals surface area contributed by atoms with E-state index in [1.54, 1.807) is 6.07 Å². The second kappa shape index (κ2) is 6.16. The van der Waals surface area contributed by atoms with Crippen LogP contribution in [0.4, 0.5) is 11.6 Å². The van der Waals surface area contributed by atoms with E-state index < -0.39 is 0 Å². The summed E-state index contributed by atoms with van der Waals surface area (Å²) >= 11 is 0. The zero-order valence-corrected chi connectivity index (χ0v) is 11.4. The summed E-state index contributed by atoms with van der Waals surface area (Å²) in [5, 5.41) is 13.0. The maximum absolute atomic E-state index is 9.67. The van der Waals surface area contributed by atoms with Crippen LogP contribution < -0.4 is 16.6 Å². The molecule has 6 heteroatoms. The Morgan fingerprint density at radius 2 is 1.95 bits per heavy atom. The molecule has 5 N–H and O–H groups in total. The third-order valence-corrected chi connectivity index (χ3v) is 3.88. The highest BCUT2D eigenvalue weighted by molar-refractivity contribution is 5.46. The fraction of sp³-hybridized carbons (Fsp3) is 0.692. The van der Waals surface area contributed by atoms with Gasteiger partial charge in [-0.15, -0.1) is 0 Å². The molecule has 1 aliphatic carbocycles. The summed E-state index contributed by atoms with van der Waals surface area (Å²) in [7, 11) is 0. The van der Waals surface area contributed by atoms with Crippen LogP contribution in [0, 0.1) is 12.3 Å². The zero-order valence-electron chi connectivity index (χ0n) is 11.4. The molecule has 0 bridgehead atoms. The van der Waals surface area contributed by atoms with Crippen molar-refractivity contribution in [2.24, 2.45) is 11.3 Å². The molecule has 0 unspecified atom stereocenters. The lowest BCUT2D eigenvalue weighted by Gasteiger charge is -2.35. The second-order valence-corrected chi connectivity index (χ2v) is 5.40. The Hall–Kier alpha value is -1.40. The van der Waals surface area contributed by atoms with Crippen LogP contribution in [0.5, 0.6) is 0 Å². The van der Waals surface area contributed by atoms with Crippen molar-refractivity contribution in [3.8, 4) is 0 Å². The molecule has 1 heterocycles. The van der Waals surface area contributed by atoms with Gasteiger partial charge in [-0.3, -0.25) is 0 Å². The highest BCUT2D eigenvalue weighted by Crippen LogP contribution is 2.35. The first-order valence-corrected chi connectivity index (χ1v) is 6.84. The Kier molecular flexibility index (Phi) is 4.55. The van der Waals surface area contributed by atoms with Gasteiger partial charge in [-0.2, -0.15) is 0 Å². The molecule has 1 aliphatic rings. The molecule has 0 amide bonds. The number of anilines is 2. The van der Waals surface area contributed by atoms with Gasteiger partial charge in [0.2, 0.25) is 0 Å². The number of aliphatic hydroxyl groups excluding tert-OH is 1. The van der Waals surface area contributed by atoms with E-state index in [9.17, 15) is 5.11 Å². The van der Waals surface area contributed by atoms with Crippen molar-refractivity contribution in [2.75, 3.05) is 23.9 Å². The molecular weight excluding hydrogens is 242 g/mol. The predicted octanol–water partition coefficient (Wildman–Crippen LogP) is 1.43. The van der Waals surface area contributed by atoms with Crippen LogP contribution >= 0.6 is 0 Å². The molecule has 0 spiro atoms. The first-order chi connectivity index (χ1) is 9.17. The molecule has 1 fully saturated rings. The Balaban J connectivity index is 2.02. The van der Waals surface area contributed by atoms with Crippen LogP contribution in [0.1, 0.15) is 37.9 Å². The number of hydrogen-bond donors (Lipinski definition) is 4. The quantitative estimate of drug-likeness (QED) is 0.475. The molecule has 2 rings (SSSR count). The van der Waals surface area contributed by atoms with Crippen LogP contribution in [0.3, 0.4) is 0 Å². The maximum atomic E-state index is 9.67. The summed E-state index contributed by atoms with van der Waals surface area (Å²) in [5.74, 6) is 7.38. The van der Waals surface area contributed by atoms with Gasteiger partial charge in [0.25, 0.3) is 0 Å². The number of aromatic nitrogens is 2. The first kappa shape index (κ1) is 14.0. The van der Waals surface area contributed by atoms with E-state index in [2.05, 4.69) is 20.7 Å². The molecule has 1 aromatic rings. The molecule has 1 aromatic heterocycles. The fourth-order valence-corrected chi connectivity index (χ4v) is 2.70. The van der Waals surface area contributed by atoms with Crippen molar-refractivity contribution in [1.29, 1.82) is 0 Å². The topological polar surface area (TPSA) is 96.1 Å². The smallest absolute Gasteiger partial charge is 0.145 e. The summed E-state index contributed by atoms with van der Waals surface area (Å²) in [6.07, 6.45) is 5.81. The third kappa shape index (κ3) is 3.54. The number of nitrogens with two attached hydrogens (primary N) is 1. The Bertz CT molecular complexity index is 417. The van der Waals surface area contributed by atoms with Gasteiger partial charge in [0.05, 0.1) is 6.61 Å². The van der Waals surface area contributed by atoms with E-state index in [0.717, 1.165) is 25.2 Å². The summed E-state index contributed by atoms with van der Waals surface area (Å²) in [6.45, 7) is 2.80. The lowest BCUT2D eigenvalue weighted by Crippen LogP contribution is -2.35. The number of aliphatic hydroxyl groups is 1. The number of nitrogen functional groups attached to an aromatic ring is 1. The summed E-state index contributed by atoms with van der Waals surface area (Å²) in [5.41, 5.74) is 2.52. The number of nitrogens with one attached hydrogen (secondary N) is 2. The van der Waals surface area contributed by atoms with Gasteiger partial charge in [0.1, 0.15) is 17.5 Å². The molecule has 1 saturated carbocycles. The zero-order chi connectivity index (χ0) is 13.7. The van der Waals surface area contributed by atoms with Gasteiger partial charge in [-0.05, 0) is 19.8 Å². The Morgan fingerprint density at radius 1 is 1.26 bits per heavy atom. The minimum atomic E-state index is -0.00654. The van der Waals surface area contributed by atoms with Crippen LogP contribution in [0.15, 0.2) is 6.07 Å². The SMILES string of the molecule is Cc1nc(NN)cc(NCC2(CO)CCCCC2)n1. The number of hydrogen-bond acceptors (Lipinski definition) is 6. The lowest BCUT2D eigenvalue weighted by atomic mass is 9.74. The number of aryl methyl sites for hydroxylation is 1. The molecule has 106 valence electrons. The average Bonchev–Trinajstić information content (AvgIpc) is 2.45. The van der Waals surface area contributed by atoms with Gasteiger partial charge in [-0.1, -0.05) is 19.3 Å². The van der Waals surface area contributed by atoms with Crippen molar-refractivity contribution in [3.63, 3.8) is 0 Å². The van der Waals surface area contributed by atoms with Crippen molar-refractivity contribution in [2.45, 2.75) is 39.0 Å². The molecular formula is C13H23N5O. The normalized spacial score (nSPS) is 18.1. The molecule has 19 heavy (non-hydrogen) atoms. The Labute approximate surface area is 113 Å². The summed E-state index contributed by atoms with van der Waals surface area (Å²) in [4.78, 5) is 8.48. The number of hydrazine groups is 1. The highest BCUT2D eigenvalue weighted by atomic mass is 16.3. The van der Waals surface area contributed by atoms with Gasteiger partial charge in [0, 0.05) is 18.0 Å². The van der Waals surface area contributed by atoms with Gasteiger partial charge in [-0.25, -0.2) is 15.8 Å². The van der Waals surface area contributed by atoms with E-state index in [4.69, 9.17) is 5.84 Å². The van der Waals surface area contributed by atoms with Gasteiger partial charge >= 0.3 is 0 Å². The van der Waals surface area contributed by atoms with E-state index in [0.29, 0.717) is 11.6 Å². The van der Waals surface area contributed by atoms with E-state index in [-0.39, 0.29) is 12.0 Å². The van der Waals surface area contributed by atoms with Crippen LogP contribution in [-0.4, -0.2) is 28.2 Å². The first-order valence-electron chi connectivity index (χ1n) is 6.84. The molecule has 0 radical (unpaired) electrons. The summed E-state index contributed by atoms with van der Waals surface area (Å²) < 4.78 is 0. The molecule has 0 aromatic carbocycles. The van der Waals surface area contributed by atoms with Crippen LogP contribution in [-0.2, 0) is 0 Å².